The molecule has 6 N–H and O–H groups in total. The molecule has 0 aromatic heterocycles. The highest BCUT2D eigenvalue weighted by molar-refractivity contribution is 5.96. The van der Waals surface area contributed by atoms with Crippen molar-refractivity contribution < 1.29 is 19.2 Å². The van der Waals surface area contributed by atoms with Crippen LogP contribution in [0.2, 0.25) is 0 Å². The molecule has 0 aliphatic heterocycles. The van der Waals surface area contributed by atoms with Crippen LogP contribution in [0.1, 0.15) is 12.0 Å². The molecule has 0 aliphatic rings. The quantitative estimate of drug-likeness (QED) is 0.313. The number of nitrogens with one attached hydrogen (secondary N) is 4. The van der Waals surface area contributed by atoms with Crippen LogP contribution in [-0.2, 0) is 14.4 Å². The summed E-state index contributed by atoms with van der Waals surface area (Å²) in [7, 11) is 0. The van der Waals surface area contributed by atoms with Crippen LogP contribution >= 0.6 is 0 Å². The molecular formula is C14H15N5O4. The van der Waals surface area contributed by atoms with Gasteiger partial charge in [0, 0.05) is 17.7 Å². The smallest absolute Gasteiger partial charge is 0.319 e. The monoisotopic (exact) mass is 317 g/mol. The largest absolute Gasteiger partial charge is 0.384 e. The molecule has 0 fully saturated rings. The van der Waals surface area contributed by atoms with Crippen molar-refractivity contribution in [3.05, 3.63) is 29.8 Å². The minimum Gasteiger partial charge on any atom is -0.384 e. The molecule has 0 aliphatic carbocycles. The Bertz CT molecular complexity index is 600. The highest BCUT2D eigenvalue weighted by atomic mass is 16.2. The van der Waals surface area contributed by atoms with Gasteiger partial charge in [-0.3, -0.25) is 19.8 Å². The van der Waals surface area contributed by atoms with E-state index in [1.165, 1.54) is 12.6 Å². The number of hydrogen-bond acceptors (Lipinski definition) is 5. The number of amides is 3. The van der Waals surface area contributed by atoms with Gasteiger partial charge in [0.2, 0.25) is 18.5 Å². The zero-order valence-electron chi connectivity index (χ0n) is 12.0. The maximum absolute atomic E-state index is 11.6. The van der Waals surface area contributed by atoms with E-state index in [4.69, 9.17) is 11.1 Å². The molecule has 1 aromatic carbocycles. The second-order valence-corrected chi connectivity index (χ2v) is 4.39. The van der Waals surface area contributed by atoms with Crippen molar-refractivity contribution in [3.63, 3.8) is 0 Å². The van der Waals surface area contributed by atoms with Gasteiger partial charge in [0.05, 0.1) is 6.54 Å². The molecule has 9 heteroatoms. The first-order chi connectivity index (χ1) is 11.0. The van der Waals surface area contributed by atoms with Gasteiger partial charge in [0.25, 0.3) is 0 Å². The topological polar surface area (TPSA) is 154 Å². The second-order valence-electron chi connectivity index (χ2n) is 4.39. The van der Waals surface area contributed by atoms with Crippen LogP contribution < -0.4 is 21.7 Å². The van der Waals surface area contributed by atoms with Crippen LogP contribution in [0, 0.1) is 5.41 Å². The van der Waals surface area contributed by atoms with E-state index < -0.39 is 18.0 Å². The number of benzene rings is 1. The molecule has 1 rings (SSSR count). The molecule has 0 unspecified atom stereocenters. The zero-order chi connectivity index (χ0) is 17.2. The van der Waals surface area contributed by atoms with Crippen LogP contribution in [0.4, 0.5) is 10.5 Å². The fourth-order valence-corrected chi connectivity index (χ4v) is 1.52. The Kier molecular flexibility index (Phi) is 6.92. The molecule has 0 bridgehead atoms. The van der Waals surface area contributed by atoms with Crippen molar-refractivity contribution in [1.29, 1.82) is 5.41 Å². The van der Waals surface area contributed by atoms with Crippen LogP contribution in [0.3, 0.4) is 0 Å². The lowest BCUT2D eigenvalue weighted by Gasteiger charge is -2.10. The lowest BCUT2D eigenvalue weighted by atomic mass is 10.2. The standard InChI is InChI=1S/C14H15N5O4/c15-13(16)9-1-3-10(4-2-9)19-14(23)17-7-12(22)18-11(8-21)5-6-20/h1-4,11H,5,7H2,(H3,15,16)(H,18,22)(H2,17,19,23)/t11-/m0/s1. The van der Waals surface area contributed by atoms with Gasteiger partial charge in [0.1, 0.15) is 11.9 Å². The molecule has 2 radical (unpaired) electrons. The van der Waals surface area contributed by atoms with Crippen LogP contribution in [0.15, 0.2) is 24.3 Å². The third kappa shape index (κ3) is 6.38. The molecule has 0 heterocycles. The number of nitrogen functional groups attached to an aromatic ring is 1. The Morgan fingerprint density at radius 2 is 1.87 bits per heavy atom. The number of carbonyl (C=O) groups excluding carboxylic acids is 4. The highest BCUT2D eigenvalue weighted by Gasteiger charge is 2.12. The summed E-state index contributed by atoms with van der Waals surface area (Å²) < 4.78 is 0. The Hall–Kier alpha value is -3.23. The van der Waals surface area contributed by atoms with Crippen LogP contribution in [-0.4, -0.2) is 42.9 Å². The summed E-state index contributed by atoms with van der Waals surface area (Å²) in [4.78, 5) is 43.6. The Morgan fingerprint density at radius 3 is 2.39 bits per heavy atom. The van der Waals surface area contributed by atoms with E-state index in [0.717, 1.165) is 0 Å². The van der Waals surface area contributed by atoms with Gasteiger partial charge < -0.3 is 21.7 Å². The lowest BCUT2D eigenvalue weighted by Crippen LogP contribution is -2.43. The summed E-state index contributed by atoms with van der Waals surface area (Å²) >= 11 is 0. The van der Waals surface area contributed by atoms with Crippen LogP contribution in [0.25, 0.3) is 0 Å². The van der Waals surface area contributed by atoms with E-state index >= 15 is 0 Å². The summed E-state index contributed by atoms with van der Waals surface area (Å²) in [5.41, 5.74) is 6.27. The minimum absolute atomic E-state index is 0.0909. The SMILES string of the molecule is N=C(N)c1ccc(NC(=O)NCC(=O)N[C@H]([C]=O)C[C]=O)cc1. The normalized spacial score (nSPS) is 11.0. The number of amidine groups is 1. The average molecular weight is 317 g/mol. The minimum atomic E-state index is -1.08. The summed E-state index contributed by atoms with van der Waals surface area (Å²) in [5, 5.41) is 14.2. The van der Waals surface area contributed by atoms with E-state index in [0.29, 0.717) is 11.3 Å². The van der Waals surface area contributed by atoms with Gasteiger partial charge in [-0.1, -0.05) is 0 Å². The predicted molar refractivity (Wildman–Crippen MR) is 82.4 cm³/mol. The average Bonchev–Trinajstić information content (AvgIpc) is 2.53. The number of anilines is 1. The first kappa shape index (κ1) is 17.8. The molecule has 120 valence electrons. The molecule has 9 nitrogen and oxygen atoms in total. The molecule has 3 amide bonds. The van der Waals surface area contributed by atoms with E-state index in [1.54, 1.807) is 24.3 Å². The third-order valence-corrected chi connectivity index (χ3v) is 2.63. The van der Waals surface area contributed by atoms with Crippen molar-refractivity contribution in [2.75, 3.05) is 11.9 Å². The van der Waals surface area contributed by atoms with E-state index in [1.807, 2.05) is 0 Å². The maximum Gasteiger partial charge on any atom is 0.319 e. The summed E-state index contributed by atoms with van der Waals surface area (Å²) in [6.45, 7) is -0.381. The highest BCUT2D eigenvalue weighted by Crippen LogP contribution is 2.08. The molecule has 0 spiro atoms. The van der Waals surface area contributed by atoms with Gasteiger partial charge in [-0.05, 0) is 24.3 Å². The predicted octanol–water partition coefficient (Wildman–Crippen LogP) is -0.814. The van der Waals surface area contributed by atoms with Gasteiger partial charge in [-0.2, -0.15) is 0 Å². The fraction of sp³-hybridized carbons (Fsp3) is 0.214. The fourth-order valence-electron chi connectivity index (χ4n) is 1.52. The van der Waals surface area contributed by atoms with E-state index in [-0.39, 0.29) is 18.8 Å². The third-order valence-electron chi connectivity index (χ3n) is 2.63. The summed E-state index contributed by atoms with van der Waals surface area (Å²) in [6, 6.07) is 4.51. The van der Waals surface area contributed by atoms with E-state index in [9.17, 15) is 19.2 Å². The Morgan fingerprint density at radius 1 is 1.22 bits per heavy atom. The van der Waals surface area contributed by atoms with Crippen LogP contribution in [0.5, 0.6) is 0 Å². The van der Waals surface area contributed by atoms with Crippen molar-refractivity contribution in [2.45, 2.75) is 12.5 Å². The van der Waals surface area contributed by atoms with Crippen molar-refractivity contribution >= 4 is 36.0 Å². The number of nitrogens with two attached hydrogens (primary N) is 1. The lowest BCUT2D eigenvalue weighted by molar-refractivity contribution is -0.120. The molecule has 1 aromatic rings. The molecule has 23 heavy (non-hydrogen) atoms. The molecule has 0 saturated carbocycles. The molecular weight excluding hydrogens is 302 g/mol. The zero-order valence-corrected chi connectivity index (χ0v) is 12.0. The van der Waals surface area contributed by atoms with Gasteiger partial charge in [-0.25, -0.2) is 4.79 Å². The number of rotatable bonds is 8. The molecule has 0 saturated heterocycles. The number of carbonyl (C=O) groups is 2. The number of urea groups is 1. The first-order valence-corrected chi connectivity index (χ1v) is 6.47. The second kappa shape index (κ2) is 8.93. The van der Waals surface area contributed by atoms with Gasteiger partial charge >= 0.3 is 6.03 Å². The first-order valence-electron chi connectivity index (χ1n) is 6.47. The van der Waals surface area contributed by atoms with Gasteiger partial charge in [0.15, 0.2) is 0 Å². The summed E-state index contributed by atoms with van der Waals surface area (Å²) in [5.74, 6) is -0.734. The van der Waals surface area contributed by atoms with Crippen molar-refractivity contribution in [3.8, 4) is 0 Å². The molecule has 1 atom stereocenters. The number of hydrogen-bond donors (Lipinski definition) is 5. The Labute approximate surface area is 132 Å². The summed E-state index contributed by atoms with van der Waals surface area (Å²) in [6.07, 6.45) is 2.66. The van der Waals surface area contributed by atoms with Crippen molar-refractivity contribution in [2.24, 2.45) is 5.73 Å². The van der Waals surface area contributed by atoms with Crippen molar-refractivity contribution in [1.82, 2.24) is 10.6 Å². The maximum atomic E-state index is 11.6. The Balaban J connectivity index is 2.41. The van der Waals surface area contributed by atoms with Gasteiger partial charge in [-0.15, -0.1) is 0 Å². The van der Waals surface area contributed by atoms with E-state index in [2.05, 4.69) is 16.0 Å².